The Bertz CT molecular complexity index is 909. The van der Waals surface area contributed by atoms with E-state index >= 15 is 0 Å². The van der Waals surface area contributed by atoms with Gasteiger partial charge in [0.1, 0.15) is 0 Å². The van der Waals surface area contributed by atoms with Crippen LogP contribution in [0.2, 0.25) is 0 Å². The first-order valence-electron chi connectivity index (χ1n) is 7.11. The zero-order valence-corrected chi connectivity index (χ0v) is 12.9. The molecule has 0 radical (unpaired) electrons. The molecular formula is C15H10N4O7. The van der Waals surface area contributed by atoms with Gasteiger partial charge in [0.15, 0.2) is 11.5 Å². The minimum Gasteiger partial charge on any atom is -0.454 e. The molecule has 0 spiro atoms. The van der Waals surface area contributed by atoms with Gasteiger partial charge in [0.25, 0.3) is 17.3 Å². The lowest BCUT2D eigenvalue weighted by molar-refractivity contribution is -0.394. The molecule has 0 aliphatic carbocycles. The smallest absolute Gasteiger partial charge is 0.277 e. The summed E-state index contributed by atoms with van der Waals surface area (Å²) >= 11 is 0. The van der Waals surface area contributed by atoms with Crippen molar-refractivity contribution < 1.29 is 24.1 Å². The van der Waals surface area contributed by atoms with Crippen molar-refractivity contribution in [2.45, 2.75) is 0 Å². The highest BCUT2D eigenvalue weighted by Gasteiger charge is 2.19. The van der Waals surface area contributed by atoms with Crippen LogP contribution in [-0.2, 0) is 0 Å². The highest BCUT2D eigenvalue weighted by Crippen LogP contribution is 2.32. The molecule has 1 heterocycles. The SMILES string of the molecule is O=C(N/N=C/c1ccc2c(c1)OCO2)c1cc([N+](=O)[O-])cc([N+](=O)[O-])c1. The molecule has 11 nitrogen and oxygen atoms in total. The molecule has 0 saturated heterocycles. The Labute approximate surface area is 145 Å². The summed E-state index contributed by atoms with van der Waals surface area (Å²) in [6.07, 6.45) is 1.33. The number of benzene rings is 2. The Morgan fingerprint density at radius 1 is 1.04 bits per heavy atom. The first-order valence-corrected chi connectivity index (χ1v) is 7.11. The van der Waals surface area contributed by atoms with Gasteiger partial charge in [-0.1, -0.05) is 0 Å². The average molecular weight is 358 g/mol. The first kappa shape index (κ1) is 16.8. The number of non-ortho nitro benzene ring substituents is 2. The van der Waals surface area contributed by atoms with Crippen molar-refractivity contribution in [1.29, 1.82) is 0 Å². The van der Waals surface area contributed by atoms with Crippen LogP contribution in [0.1, 0.15) is 15.9 Å². The van der Waals surface area contributed by atoms with Crippen LogP contribution in [0.25, 0.3) is 0 Å². The van der Waals surface area contributed by atoms with Gasteiger partial charge < -0.3 is 9.47 Å². The third-order valence-corrected chi connectivity index (χ3v) is 3.36. The number of ether oxygens (including phenoxy) is 2. The summed E-state index contributed by atoms with van der Waals surface area (Å²) in [7, 11) is 0. The van der Waals surface area contributed by atoms with Crippen LogP contribution in [-0.4, -0.2) is 28.8 Å². The fourth-order valence-electron chi connectivity index (χ4n) is 2.16. The summed E-state index contributed by atoms with van der Waals surface area (Å²) in [5.74, 6) is 0.304. The van der Waals surface area contributed by atoms with E-state index in [0.29, 0.717) is 17.1 Å². The minimum atomic E-state index is -0.825. The normalized spacial score (nSPS) is 12.2. The van der Waals surface area contributed by atoms with Gasteiger partial charge in [-0.15, -0.1) is 0 Å². The number of nitro benzene ring substituents is 2. The van der Waals surface area contributed by atoms with Crippen molar-refractivity contribution in [1.82, 2.24) is 5.43 Å². The number of nitrogens with one attached hydrogen (secondary N) is 1. The monoisotopic (exact) mass is 358 g/mol. The topological polar surface area (TPSA) is 146 Å². The van der Waals surface area contributed by atoms with Gasteiger partial charge in [0.05, 0.1) is 27.7 Å². The maximum atomic E-state index is 12.1. The van der Waals surface area contributed by atoms with E-state index in [1.165, 1.54) is 6.21 Å². The molecule has 0 unspecified atom stereocenters. The number of hydrogen-bond donors (Lipinski definition) is 1. The average Bonchev–Trinajstić information content (AvgIpc) is 3.08. The van der Waals surface area contributed by atoms with E-state index in [2.05, 4.69) is 10.5 Å². The van der Waals surface area contributed by atoms with E-state index in [-0.39, 0.29) is 12.4 Å². The second-order valence-corrected chi connectivity index (χ2v) is 5.06. The second-order valence-electron chi connectivity index (χ2n) is 5.06. The minimum absolute atomic E-state index is 0.123. The summed E-state index contributed by atoms with van der Waals surface area (Å²) in [6.45, 7) is 0.123. The van der Waals surface area contributed by atoms with Crippen molar-refractivity contribution >= 4 is 23.5 Å². The predicted molar refractivity (Wildman–Crippen MR) is 87.4 cm³/mol. The molecule has 0 fully saturated rings. The van der Waals surface area contributed by atoms with Crippen molar-refractivity contribution in [3.63, 3.8) is 0 Å². The molecule has 0 bridgehead atoms. The number of nitrogens with zero attached hydrogens (tertiary/aromatic N) is 3. The molecule has 2 aromatic carbocycles. The van der Waals surface area contributed by atoms with Gasteiger partial charge >= 0.3 is 0 Å². The number of amides is 1. The third kappa shape index (κ3) is 3.56. The Morgan fingerprint density at radius 2 is 1.69 bits per heavy atom. The van der Waals surface area contributed by atoms with Crippen molar-refractivity contribution in [2.24, 2.45) is 5.10 Å². The van der Waals surface area contributed by atoms with Gasteiger partial charge in [0.2, 0.25) is 6.79 Å². The first-order chi connectivity index (χ1) is 12.4. The molecular weight excluding hydrogens is 348 g/mol. The molecule has 3 rings (SSSR count). The molecule has 132 valence electrons. The number of carbonyl (C=O) groups excluding carboxylic acids is 1. The molecule has 1 N–H and O–H groups in total. The molecule has 0 aromatic heterocycles. The molecule has 1 amide bonds. The molecule has 0 saturated carbocycles. The van der Waals surface area contributed by atoms with Crippen molar-refractivity contribution in [3.8, 4) is 11.5 Å². The number of rotatable bonds is 5. The number of carbonyl (C=O) groups is 1. The number of hydrogen-bond acceptors (Lipinski definition) is 8. The van der Waals surface area contributed by atoms with Gasteiger partial charge in [-0.05, 0) is 23.8 Å². The van der Waals surface area contributed by atoms with E-state index in [0.717, 1.165) is 18.2 Å². The quantitative estimate of drug-likeness (QED) is 0.488. The predicted octanol–water partition coefficient (Wildman–Crippen LogP) is 2.00. The zero-order valence-electron chi connectivity index (χ0n) is 12.9. The molecule has 1 aliphatic heterocycles. The van der Waals surface area contributed by atoms with E-state index in [1.807, 2.05) is 0 Å². The Balaban J connectivity index is 1.75. The van der Waals surface area contributed by atoms with Crippen LogP contribution in [0.5, 0.6) is 11.5 Å². The van der Waals surface area contributed by atoms with Crippen LogP contribution in [0.15, 0.2) is 41.5 Å². The number of nitro groups is 2. The highest BCUT2D eigenvalue weighted by atomic mass is 16.7. The number of fused-ring (bicyclic) bond motifs is 1. The summed E-state index contributed by atoms with van der Waals surface area (Å²) in [5, 5.41) is 25.4. The fraction of sp³-hybridized carbons (Fsp3) is 0.0667. The van der Waals surface area contributed by atoms with Gasteiger partial charge in [0, 0.05) is 12.1 Å². The van der Waals surface area contributed by atoms with Crippen LogP contribution in [0.4, 0.5) is 11.4 Å². The van der Waals surface area contributed by atoms with E-state index in [4.69, 9.17) is 9.47 Å². The van der Waals surface area contributed by atoms with Crippen LogP contribution in [0.3, 0.4) is 0 Å². The van der Waals surface area contributed by atoms with Gasteiger partial charge in [-0.25, -0.2) is 5.43 Å². The third-order valence-electron chi connectivity index (χ3n) is 3.36. The summed E-state index contributed by atoms with van der Waals surface area (Å²) in [4.78, 5) is 32.1. The zero-order chi connectivity index (χ0) is 18.7. The molecule has 2 aromatic rings. The Morgan fingerprint density at radius 3 is 2.35 bits per heavy atom. The van der Waals surface area contributed by atoms with Gasteiger partial charge in [-0.3, -0.25) is 25.0 Å². The molecule has 0 atom stereocenters. The summed E-state index contributed by atoms with van der Waals surface area (Å²) in [6, 6.07) is 7.64. The lowest BCUT2D eigenvalue weighted by Crippen LogP contribution is -2.18. The second kappa shape index (κ2) is 6.84. The van der Waals surface area contributed by atoms with Crippen molar-refractivity contribution in [3.05, 3.63) is 67.8 Å². The summed E-state index contributed by atoms with van der Waals surface area (Å²) in [5.41, 5.74) is 1.38. The maximum Gasteiger partial charge on any atom is 0.277 e. The van der Waals surface area contributed by atoms with Crippen molar-refractivity contribution in [2.75, 3.05) is 6.79 Å². The van der Waals surface area contributed by atoms with E-state index in [1.54, 1.807) is 18.2 Å². The standard InChI is InChI=1S/C15H10N4O7/c20-15(10-4-11(18(21)22)6-12(5-10)19(23)24)17-16-7-9-1-2-13-14(3-9)26-8-25-13/h1-7H,8H2,(H,17,20)/b16-7+. The van der Waals surface area contributed by atoms with Crippen LogP contribution in [0, 0.1) is 20.2 Å². The number of hydrazone groups is 1. The van der Waals surface area contributed by atoms with E-state index < -0.39 is 27.1 Å². The highest BCUT2D eigenvalue weighted by molar-refractivity contribution is 5.96. The van der Waals surface area contributed by atoms with Gasteiger partial charge in [-0.2, -0.15) is 5.10 Å². The maximum absolute atomic E-state index is 12.1. The molecule has 26 heavy (non-hydrogen) atoms. The Hall–Kier alpha value is -4.02. The van der Waals surface area contributed by atoms with E-state index in [9.17, 15) is 25.0 Å². The van der Waals surface area contributed by atoms with Crippen LogP contribution < -0.4 is 14.9 Å². The fourth-order valence-corrected chi connectivity index (χ4v) is 2.16. The Kier molecular flexibility index (Phi) is 4.43. The lowest BCUT2D eigenvalue weighted by atomic mass is 10.1. The molecule has 1 aliphatic rings. The molecule has 11 heteroatoms. The lowest BCUT2D eigenvalue weighted by Gasteiger charge is -2.01. The van der Waals surface area contributed by atoms with Crippen LogP contribution >= 0.6 is 0 Å². The largest absolute Gasteiger partial charge is 0.454 e. The summed E-state index contributed by atoms with van der Waals surface area (Å²) < 4.78 is 10.4.